The van der Waals surface area contributed by atoms with Crippen molar-refractivity contribution in [3.05, 3.63) is 58.6 Å². The molecule has 2 amide bonds. The molecule has 0 saturated carbocycles. The van der Waals surface area contributed by atoms with Gasteiger partial charge in [0.05, 0.1) is 16.3 Å². The van der Waals surface area contributed by atoms with Crippen LogP contribution in [0.3, 0.4) is 0 Å². The lowest BCUT2D eigenvalue weighted by molar-refractivity contribution is -0.113. The van der Waals surface area contributed by atoms with E-state index >= 15 is 0 Å². The second-order valence-corrected chi connectivity index (χ2v) is 7.20. The Morgan fingerprint density at radius 3 is 2.42 bits per heavy atom. The number of benzene rings is 2. The Labute approximate surface area is 163 Å². The Morgan fingerprint density at radius 1 is 1.12 bits per heavy atom. The molecule has 4 nitrogen and oxygen atoms in total. The van der Waals surface area contributed by atoms with Gasteiger partial charge in [-0.2, -0.15) is 0 Å². The molecule has 0 aliphatic heterocycles. The molecule has 0 aliphatic carbocycles. The van der Waals surface area contributed by atoms with Gasteiger partial charge in [-0.05, 0) is 50.6 Å². The normalized spacial score (nSPS) is 10.5. The molecule has 0 spiro atoms. The Bertz CT molecular complexity index is 791. The van der Waals surface area contributed by atoms with Crippen molar-refractivity contribution in [2.75, 3.05) is 24.2 Å². The third-order valence-electron chi connectivity index (χ3n) is 3.99. The minimum atomic E-state index is -0.114. The van der Waals surface area contributed by atoms with E-state index in [0.717, 1.165) is 10.5 Å². The Morgan fingerprint density at radius 2 is 1.81 bits per heavy atom. The van der Waals surface area contributed by atoms with E-state index < -0.39 is 0 Å². The summed E-state index contributed by atoms with van der Waals surface area (Å²) in [5.74, 6) is 0.0907. The van der Waals surface area contributed by atoms with E-state index in [4.69, 9.17) is 11.6 Å². The highest BCUT2D eigenvalue weighted by Gasteiger charge is 2.16. The van der Waals surface area contributed by atoms with Crippen molar-refractivity contribution < 1.29 is 9.59 Å². The minimum Gasteiger partial charge on any atom is -0.339 e. The summed E-state index contributed by atoms with van der Waals surface area (Å²) in [6.07, 6.45) is 0. The number of thioether (sulfide) groups is 1. The van der Waals surface area contributed by atoms with Crippen LogP contribution in [-0.4, -0.2) is 35.6 Å². The Balaban J connectivity index is 1.99. The predicted molar refractivity (Wildman–Crippen MR) is 109 cm³/mol. The van der Waals surface area contributed by atoms with E-state index in [-0.39, 0.29) is 11.8 Å². The zero-order chi connectivity index (χ0) is 19.1. The topological polar surface area (TPSA) is 49.4 Å². The summed E-state index contributed by atoms with van der Waals surface area (Å²) in [4.78, 5) is 27.4. The molecule has 0 aliphatic rings. The van der Waals surface area contributed by atoms with E-state index in [0.29, 0.717) is 35.1 Å². The van der Waals surface area contributed by atoms with Crippen LogP contribution in [0.15, 0.2) is 47.4 Å². The van der Waals surface area contributed by atoms with Gasteiger partial charge >= 0.3 is 0 Å². The van der Waals surface area contributed by atoms with Crippen molar-refractivity contribution in [3.8, 4) is 0 Å². The van der Waals surface area contributed by atoms with Gasteiger partial charge in [0.25, 0.3) is 5.91 Å². The summed E-state index contributed by atoms with van der Waals surface area (Å²) in [6, 6.07) is 12.9. The molecule has 0 fully saturated rings. The maximum atomic E-state index is 12.4. The van der Waals surface area contributed by atoms with E-state index in [1.165, 1.54) is 11.8 Å². The number of nitrogens with one attached hydrogen (secondary N) is 1. The SMILES string of the molecule is CCN(CC)C(=O)c1ccc(NC(=O)CSc2ccccc2C)cc1Cl. The second kappa shape index (κ2) is 9.64. The van der Waals surface area contributed by atoms with Gasteiger partial charge in [0.1, 0.15) is 0 Å². The van der Waals surface area contributed by atoms with Gasteiger partial charge in [0.15, 0.2) is 0 Å². The highest BCUT2D eigenvalue weighted by molar-refractivity contribution is 8.00. The van der Waals surface area contributed by atoms with Crippen molar-refractivity contribution >= 4 is 40.9 Å². The number of carbonyl (C=O) groups is 2. The first-order valence-corrected chi connectivity index (χ1v) is 9.89. The van der Waals surface area contributed by atoms with Crippen LogP contribution in [0.25, 0.3) is 0 Å². The minimum absolute atomic E-state index is 0.104. The maximum Gasteiger partial charge on any atom is 0.255 e. The number of nitrogens with zero attached hydrogens (tertiary/aromatic N) is 1. The predicted octanol–water partition coefficient (Wildman–Crippen LogP) is 4.86. The molecule has 2 rings (SSSR count). The molecule has 0 radical (unpaired) electrons. The number of amides is 2. The van der Waals surface area contributed by atoms with Crippen LogP contribution in [0.5, 0.6) is 0 Å². The van der Waals surface area contributed by atoms with Crippen LogP contribution < -0.4 is 5.32 Å². The summed E-state index contributed by atoms with van der Waals surface area (Å²) in [6.45, 7) is 7.12. The van der Waals surface area contributed by atoms with E-state index in [2.05, 4.69) is 5.32 Å². The Kier molecular flexibility index (Phi) is 7.54. The monoisotopic (exact) mass is 390 g/mol. The molecule has 26 heavy (non-hydrogen) atoms. The summed E-state index contributed by atoms with van der Waals surface area (Å²) in [5.41, 5.74) is 2.18. The number of anilines is 1. The molecule has 2 aromatic carbocycles. The average molecular weight is 391 g/mol. The van der Waals surface area contributed by atoms with Crippen LogP contribution >= 0.6 is 23.4 Å². The molecule has 0 unspecified atom stereocenters. The average Bonchev–Trinajstić information content (AvgIpc) is 2.62. The van der Waals surface area contributed by atoms with Crippen LogP contribution in [0.2, 0.25) is 5.02 Å². The van der Waals surface area contributed by atoms with E-state index in [9.17, 15) is 9.59 Å². The number of hydrogen-bond donors (Lipinski definition) is 1. The number of rotatable bonds is 7. The first-order valence-electron chi connectivity index (χ1n) is 8.53. The first kappa shape index (κ1) is 20.3. The van der Waals surface area contributed by atoms with Crippen LogP contribution in [0, 0.1) is 6.92 Å². The van der Waals surface area contributed by atoms with Crippen molar-refractivity contribution in [2.24, 2.45) is 0 Å². The number of hydrogen-bond acceptors (Lipinski definition) is 3. The molecule has 0 saturated heterocycles. The number of aryl methyl sites for hydroxylation is 1. The molecule has 0 aromatic heterocycles. The molecule has 0 heterocycles. The molecular weight excluding hydrogens is 368 g/mol. The number of carbonyl (C=O) groups excluding carboxylic acids is 2. The standard InChI is InChI=1S/C20H23ClN2O2S/c1-4-23(5-2)20(25)16-11-10-15(12-17(16)21)22-19(24)13-26-18-9-7-6-8-14(18)3/h6-12H,4-5,13H2,1-3H3,(H,22,24). The lowest BCUT2D eigenvalue weighted by Gasteiger charge is -2.19. The van der Waals surface area contributed by atoms with Crippen LogP contribution in [-0.2, 0) is 4.79 Å². The first-order chi connectivity index (χ1) is 12.5. The zero-order valence-corrected chi connectivity index (χ0v) is 16.8. The molecule has 0 bridgehead atoms. The highest BCUT2D eigenvalue weighted by Crippen LogP contribution is 2.24. The summed E-state index contributed by atoms with van der Waals surface area (Å²) >= 11 is 7.75. The molecule has 1 N–H and O–H groups in total. The molecular formula is C20H23ClN2O2S. The van der Waals surface area contributed by atoms with Crippen LogP contribution in [0.4, 0.5) is 5.69 Å². The zero-order valence-electron chi connectivity index (χ0n) is 15.2. The lowest BCUT2D eigenvalue weighted by Crippen LogP contribution is -2.30. The lowest BCUT2D eigenvalue weighted by atomic mass is 10.1. The Hall–Kier alpha value is -1.98. The van der Waals surface area contributed by atoms with E-state index in [1.807, 2.05) is 45.0 Å². The van der Waals surface area contributed by atoms with Crippen LogP contribution in [0.1, 0.15) is 29.8 Å². The van der Waals surface area contributed by atoms with Crippen molar-refractivity contribution in [2.45, 2.75) is 25.7 Å². The highest BCUT2D eigenvalue weighted by atomic mass is 35.5. The van der Waals surface area contributed by atoms with Gasteiger partial charge in [-0.15, -0.1) is 11.8 Å². The molecule has 0 atom stereocenters. The summed E-state index contributed by atoms with van der Waals surface area (Å²) in [5, 5.41) is 3.17. The van der Waals surface area contributed by atoms with Crippen molar-refractivity contribution in [1.29, 1.82) is 0 Å². The van der Waals surface area contributed by atoms with Gasteiger partial charge in [-0.25, -0.2) is 0 Å². The quantitative estimate of drug-likeness (QED) is 0.686. The number of halogens is 1. The van der Waals surface area contributed by atoms with E-state index in [1.54, 1.807) is 23.1 Å². The van der Waals surface area contributed by atoms with Crippen molar-refractivity contribution in [1.82, 2.24) is 4.90 Å². The fourth-order valence-electron chi connectivity index (χ4n) is 2.51. The maximum absolute atomic E-state index is 12.4. The fraction of sp³-hybridized carbons (Fsp3) is 0.300. The van der Waals surface area contributed by atoms with Gasteiger partial charge in [0.2, 0.25) is 5.91 Å². The summed E-state index contributed by atoms with van der Waals surface area (Å²) < 4.78 is 0. The van der Waals surface area contributed by atoms with Crippen molar-refractivity contribution in [3.63, 3.8) is 0 Å². The van der Waals surface area contributed by atoms with Gasteiger partial charge in [-0.3, -0.25) is 9.59 Å². The van der Waals surface area contributed by atoms with Gasteiger partial charge in [-0.1, -0.05) is 29.8 Å². The fourth-order valence-corrected chi connectivity index (χ4v) is 3.60. The largest absolute Gasteiger partial charge is 0.339 e. The van der Waals surface area contributed by atoms with Gasteiger partial charge < -0.3 is 10.2 Å². The van der Waals surface area contributed by atoms with Gasteiger partial charge in [0, 0.05) is 23.7 Å². The molecule has 6 heteroatoms. The molecule has 2 aromatic rings. The third-order valence-corrected chi connectivity index (χ3v) is 5.47. The smallest absolute Gasteiger partial charge is 0.255 e. The molecule has 138 valence electrons. The second-order valence-electron chi connectivity index (χ2n) is 5.77. The summed E-state index contributed by atoms with van der Waals surface area (Å²) in [7, 11) is 0. The third kappa shape index (κ3) is 5.26.